The van der Waals surface area contributed by atoms with Gasteiger partial charge in [-0.1, -0.05) is 32.3 Å². The fraction of sp³-hybridized carbons (Fsp3) is 0.524. The van der Waals surface area contributed by atoms with E-state index in [9.17, 15) is 19.2 Å². The zero-order valence-electron chi connectivity index (χ0n) is 17.0. The van der Waals surface area contributed by atoms with Crippen LogP contribution in [0.3, 0.4) is 0 Å². The van der Waals surface area contributed by atoms with Crippen LogP contribution in [0, 0.1) is 6.92 Å². The standard InChI is InChI=1S/C21H28N4O4/c1-3-17(26)22-15-8-7-14(2)16(13-15)23-18(27)9-12-25-19(28)21(24-20(25)29)10-5-4-6-11-21/h7-8,13H,3-6,9-12H2,1-2H3,(H,22,26)(H,23,27)(H,24,29). The molecule has 1 aliphatic carbocycles. The Kier molecular flexibility index (Phi) is 6.20. The molecule has 0 radical (unpaired) electrons. The number of anilines is 2. The van der Waals surface area contributed by atoms with E-state index in [-0.39, 0.29) is 30.7 Å². The second-order valence-corrected chi connectivity index (χ2v) is 7.76. The fourth-order valence-electron chi connectivity index (χ4n) is 3.88. The second-order valence-electron chi connectivity index (χ2n) is 7.76. The lowest BCUT2D eigenvalue weighted by molar-refractivity contribution is -0.132. The van der Waals surface area contributed by atoms with Crippen molar-refractivity contribution < 1.29 is 19.2 Å². The Morgan fingerprint density at radius 1 is 1.10 bits per heavy atom. The molecule has 5 amide bonds. The number of hydrogen-bond donors (Lipinski definition) is 3. The summed E-state index contributed by atoms with van der Waals surface area (Å²) in [7, 11) is 0. The lowest BCUT2D eigenvalue weighted by Crippen LogP contribution is -2.48. The monoisotopic (exact) mass is 400 g/mol. The van der Waals surface area contributed by atoms with E-state index in [4.69, 9.17) is 0 Å². The van der Waals surface area contributed by atoms with Crippen molar-refractivity contribution in [2.24, 2.45) is 0 Å². The summed E-state index contributed by atoms with van der Waals surface area (Å²) in [6, 6.07) is 4.87. The van der Waals surface area contributed by atoms with Gasteiger partial charge in [-0.05, 0) is 37.5 Å². The third-order valence-corrected chi connectivity index (χ3v) is 5.63. The molecule has 0 unspecified atom stereocenters. The number of rotatable bonds is 6. The van der Waals surface area contributed by atoms with Gasteiger partial charge in [0.15, 0.2) is 0 Å². The van der Waals surface area contributed by atoms with Crippen LogP contribution >= 0.6 is 0 Å². The normalized spacial score (nSPS) is 17.9. The highest BCUT2D eigenvalue weighted by atomic mass is 16.2. The number of hydrogen-bond acceptors (Lipinski definition) is 4. The zero-order valence-corrected chi connectivity index (χ0v) is 17.0. The summed E-state index contributed by atoms with van der Waals surface area (Å²) in [5, 5.41) is 8.41. The number of imide groups is 1. The summed E-state index contributed by atoms with van der Waals surface area (Å²) in [5.74, 6) is -0.617. The van der Waals surface area contributed by atoms with Gasteiger partial charge in [-0.2, -0.15) is 0 Å². The zero-order chi connectivity index (χ0) is 21.0. The first-order valence-electron chi connectivity index (χ1n) is 10.2. The third kappa shape index (κ3) is 4.58. The summed E-state index contributed by atoms with van der Waals surface area (Å²) in [6.07, 6.45) is 4.62. The lowest BCUT2D eigenvalue weighted by atomic mass is 9.82. The summed E-state index contributed by atoms with van der Waals surface area (Å²) >= 11 is 0. The molecule has 3 N–H and O–H groups in total. The molecule has 1 heterocycles. The average Bonchev–Trinajstić information content (AvgIpc) is 2.92. The molecule has 8 nitrogen and oxygen atoms in total. The van der Waals surface area contributed by atoms with Crippen molar-refractivity contribution >= 4 is 35.1 Å². The molecule has 1 aromatic carbocycles. The Morgan fingerprint density at radius 2 is 1.83 bits per heavy atom. The maximum atomic E-state index is 12.8. The molecule has 1 saturated heterocycles. The van der Waals surface area contributed by atoms with Crippen molar-refractivity contribution in [3.8, 4) is 0 Å². The van der Waals surface area contributed by atoms with E-state index in [1.54, 1.807) is 19.1 Å². The Hall–Kier alpha value is -2.90. The van der Waals surface area contributed by atoms with Crippen molar-refractivity contribution in [1.29, 1.82) is 0 Å². The maximum Gasteiger partial charge on any atom is 0.325 e. The topological polar surface area (TPSA) is 108 Å². The van der Waals surface area contributed by atoms with Crippen LogP contribution in [0.25, 0.3) is 0 Å². The first kappa shape index (κ1) is 20.8. The molecule has 0 atom stereocenters. The van der Waals surface area contributed by atoms with E-state index in [0.29, 0.717) is 30.6 Å². The average molecular weight is 400 g/mol. The van der Waals surface area contributed by atoms with Gasteiger partial charge in [0.1, 0.15) is 5.54 Å². The van der Waals surface area contributed by atoms with Crippen molar-refractivity contribution in [3.63, 3.8) is 0 Å². The van der Waals surface area contributed by atoms with Crippen LogP contribution in [0.5, 0.6) is 0 Å². The SMILES string of the molecule is CCC(=O)Nc1ccc(C)c(NC(=O)CCN2C(=O)NC3(CCCCC3)C2=O)c1. The van der Waals surface area contributed by atoms with Crippen molar-refractivity contribution in [1.82, 2.24) is 10.2 Å². The van der Waals surface area contributed by atoms with Gasteiger partial charge in [0.25, 0.3) is 5.91 Å². The molecule has 1 aliphatic heterocycles. The summed E-state index contributed by atoms with van der Waals surface area (Å²) in [6.45, 7) is 3.66. The predicted molar refractivity (Wildman–Crippen MR) is 109 cm³/mol. The van der Waals surface area contributed by atoms with E-state index in [2.05, 4.69) is 16.0 Å². The maximum absolute atomic E-state index is 12.8. The van der Waals surface area contributed by atoms with Gasteiger partial charge in [0.2, 0.25) is 11.8 Å². The largest absolute Gasteiger partial charge is 0.326 e. The highest BCUT2D eigenvalue weighted by Gasteiger charge is 2.51. The van der Waals surface area contributed by atoms with Gasteiger partial charge in [0.05, 0.1) is 0 Å². The number of aryl methyl sites for hydroxylation is 1. The minimum absolute atomic E-state index is 0.0141. The Morgan fingerprint density at radius 3 is 2.52 bits per heavy atom. The Labute approximate surface area is 170 Å². The fourth-order valence-corrected chi connectivity index (χ4v) is 3.88. The second kappa shape index (κ2) is 8.63. The Bertz CT molecular complexity index is 830. The molecule has 1 saturated carbocycles. The highest BCUT2D eigenvalue weighted by molar-refractivity contribution is 6.07. The van der Waals surface area contributed by atoms with Crippen molar-refractivity contribution in [3.05, 3.63) is 23.8 Å². The number of carbonyl (C=O) groups is 4. The first-order chi connectivity index (χ1) is 13.8. The smallest absolute Gasteiger partial charge is 0.325 e. The highest BCUT2D eigenvalue weighted by Crippen LogP contribution is 2.33. The van der Waals surface area contributed by atoms with Gasteiger partial charge >= 0.3 is 6.03 Å². The van der Waals surface area contributed by atoms with Gasteiger partial charge < -0.3 is 16.0 Å². The quantitative estimate of drug-likeness (QED) is 0.638. The van der Waals surface area contributed by atoms with Crippen molar-refractivity contribution in [2.45, 2.75) is 64.3 Å². The van der Waals surface area contributed by atoms with Crippen LogP contribution in [0.15, 0.2) is 18.2 Å². The minimum atomic E-state index is -0.770. The number of nitrogens with one attached hydrogen (secondary N) is 3. The number of carbonyl (C=O) groups excluding carboxylic acids is 4. The summed E-state index contributed by atoms with van der Waals surface area (Å²) < 4.78 is 0. The van der Waals surface area contributed by atoms with E-state index in [0.717, 1.165) is 29.7 Å². The van der Waals surface area contributed by atoms with E-state index >= 15 is 0 Å². The van der Waals surface area contributed by atoms with Crippen LogP contribution in [0.2, 0.25) is 0 Å². The van der Waals surface area contributed by atoms with E-state index in [1.807, 2.05) is 13.0 Å². The lowest BCUT2D eigenvalue weighted by Gasteiger charge is -2.30. The molecule has 3 rings (SSSR count). The van der Waals surface area contributed by atoms with Crippen LogP contribution in [0.4, 0.5) is 16.2 Å². The molecule has 29 heavy (non-hydrogen) atoms. The summed E-state index contributed by atoms with van der Waals surface area (Å²) in [4.78, 5) is 50.2. The molecular formula is C21H28N4O4. The first-order valence-corrected chi connectivity index (χ1v) is 10.2. The molecule has 1 spiro atoms. The van der Waals surface area contributed by atoms with E-state index in [1.165, 1.54) is 0 Å². The molecule has 156 valence electrons. The Balaban J connectivity index is 1.59. The van der Waals surface area contributed by atoms with Crippen LogP contribution < -0.4 is 16.0 Å². The van der Waals surface area contributed by atoms with Gasteiger partial charge in [-0.15, -0.1) is 0 Å². The van der Waals surface area contributed by atoms with Crippen LogP contribution in [-0.2, 0) is 14.4 Å². The minimum Gasteiger partial charge on any atom is -0.326 e. The van der Waals surface area contributed by atoms with Crippen molar-refractivity contribution in [2.75, 3.05) is 17.2 Å². The van der Waals surface area contributed by atoms with Gasteiger partial charge in [-0.25, -0.2) is 4.79 Å². The predicted octanol–water partition coefficient (Wildman–Crippen LogP) is 2.93. The molecular weight excluding hydrogens is 372 g/mol. The number of urea groups is 1. The van der Waals surface area contributed by atoms with Gasteiger partial charge in [0, 0.05) is 30.8 Å². The molecule has 0 aromatic heterocycles. The molecule has 1 aromatic rings. The van der Waals surface area contributed by atoms with Crippen LogP contribution in [-0.4, -0.2) is 40.7 Å². The van der Waals surface area contributed by atoms with Crippen LogP contribution in [0.1, 0.15) is 57.4 Å². The molecule has 2 aliphatic rings. The third-order valence-electron chi connectivity index (χ3n) is 5.63. The summed E-state index contributed by atoms with van der Waals surface area (Å²) in [5.41, 5.74) is 1.27. The molecule has 0 bridgehead atoms. The van der Waals surface area contributed by atoms with Gasteiger partial charge in [-0.3, -0.25) is 19.3 Å². The number of benzene rings is 1. The molecule has 8 heteroatoms. The number of nitrogens with zero attached hydrogens (tertiary/aromatic N) is 1. The molecule has 2 fully saturated rings. The van der Waals surface area contributed by atoms with E-state index < -0.39 is 11.6 Å². The number of amides is 5.